The van der Waals surface area contributed by atoms with Crippen molar-refractivity contribution in [2.75, 3.05) is 6.61 Å². The van der Waals surface area contributed by atoms with Gasteiger partial charge in [-0.25, -0.2) is 0 Å². The van der Waals surface area contributed by atoms with Crippen LogP contribution in [0.2, 0.25) is 0 Å². The predicted molar refractivity (Wildman–Crippen MR) is 80.6 cm³/mol. The topological polar surface area (TPSA) is 32.3 Å². The van der Waals surface area contributed by atoms with Gasteiger partial charge in [-0.15, -0.1) is 11.8 Å². The van der Waals surface area contributed by atoms with E-state index in [1.54, 1.807) is 0 Å². The van der Waals surface area contributed by atoms with E-state index in [0.717, 1.165) is 12.8 Å². The first kappa shape index (κ1) is 13.5. The molecule has 3 heteroatoms. The van der Waals surface area contributed by atoms with Crippen LogP contribution in [-0.4, -0.2) is 28.5 Å². The minimum Gasteiger partial charge on any atom is -0.394 e. The quantitative estimate of drug-likeness (QED) is 0.867. The van der Waals surface area contributed by atoms with E-state index in [0.29, 0.717) is 11.3 Å². The van der Waals surface area contributed by atoms with Crippen LogP contribution in [0.15, 0.2) is 29.2 Å². The molecule has 2 fully saturated rings. The average Bonchev–Trinajstić information content (AvgIpc) is 3.13. The van der Waals surface area contributed by atoms with E-state index in [2.05, 4.69) is 36.5 Å². The van der Waals surface area contributed by atoms with Crippen LogP contribution >= 0.6 is 11.8 Å². The summed E-state index contributed by atoms with van der Waals surface area (Å²) in [5.74, 6) is 0. The molecule has 0 amide bonds. The van der Waals surface area contributed by atoms with Crippen molar-refractivity contribution < 1.29 is 5.11 Å². The molecule has 0 aromatic heterocycles. The minimum atomic E-state index is 0.00151. The van der Waals surface area contributed by atoms with Gasteiger partial charge in [0.15, 0.2) is 0 Å². The van der Waals surface area contributed by atoms with Gasteiger partial charge in [0, 0.05) is 21.7 Å². The Morgan fingerprint density at radius 1 is 1.32 bits per heavy atom. The molecule has 2 nitrogen and oxygen atoms in total. The number of aryl methyl sites for hydroxylation is 1. The first-order valence-corrected chi connectivity index (χ1v) is 8.20. The second-order valence-corrected chi connectivity index (χ2v) is 7.45. The van der Waals surface area contributed by atoms with Crippen molar-refractivity contribution in [3.63, 3.8) is 0 Å². The van der Waals surface area contributed by atoms with Crippen molar-refractivity contribution in [2.24, 2.45) is 0 Å². The van der Waals surface area contributed by atoms with E-state index in [4.69, 9.17) is 0 Å². The van der Waals surface area contributed by atoms with Crippen LogP contribution in [-0.2, 0) is 0 Å². The number of hydrogen-bond donors (Lipinski definition) is 2. The highest BCUT2D eigenvalue weighted by Crippen LogP contribution is 2.42. The van der Waals surface area contributed by atoms with E-state index in [1.165, 1.54) is 29.7 Å². The normalized spacial score (nSPS) is 30.7. The lowest BCUT2D eigenvalue weighted by molar-refractivity contribution is 0.163. The van der Waals surface area contributed by atoms with Gasteiger partial charge in [-0.05, 0) is 50.7 Å². The Hall–Kier alpha value is -0.510. The Bertz CT molecular complexity index is 446. The van der Waals surface area contributed by atoms with Crippen LogP contribution in [0, 0.1) is 6.92 Å². The van der Waals surface area contributed by atoms with Gasteiger partial charge in [-0.1, -0.05) is 18.2 Å². The molecular weight excluding hydrogens is 254 g/mol. The summed E-state index contributed by atoms with van der Waals surface area (Å²) in [5.41, 5.74) is 1.37. The molecule has 1 aromatic rings. The summed E-state index contributed by atoms with van der Waals surface area (Å²) in [6.45, 7) is 2.47. The van der Waals surface area contributed by atoms with E-state index < -0.39 is 0 Å². The van der Waals surface area contributed by atoms with E-state index in [9.17, 15) is 5.11 Å². The summed E-state index contributed by atoms with van der Waals surface area (Å²) >= 11 is 1.99. The summed E-state index contributed by atoms with van der Waals surface area (Å²) in [7, 11) is 0. The number of nitrogens with one attached hydrogen (secondary N) is 1. The van der Waals surface area contributed by atoms with E-state index in [1.807, 2.05) is 11.8 Å². The maximum absolute atomic E-state index is 9.76. The van der Waals surface area contributed by atoms with Crippen LogP contribution in [0.1, 0.15) is 37.7 Å². The van der Waals surface area contributed by atoms with Gasteiger partial charge in [-0.3, -0.25) is 0 Å². The van der Waals surface area contributed by atoms with Crippen molar-refractivity contribution in [1.29, 1.82) is 0 Å². The highest BCUT2D eigenvalue weighted by Gasteiger charge is 2.42. The first-order valence-electron chi connectivity index (χ1n) is 7.32. The fraction of sp³-hybridized carbons (Fsp3) is 0.625. The standard InChI is InChI=1S/C16H23NOS/c1-12-4-2-3-5-15(12)19-14-8-9-16(10-14,11-18)17-13-6-7-13/h2-5,13-14,17-18H,6-11H2,1H3. The van der Waals surface area contributed by atoms with Gasteiger partial charge in [-0.2, -0.15) is 0 Å². The highest BCUT2D eigenvalue weighted by molar-refractivity contribution is 8.00. The maximum atomic E-state index is 9.76. The Labute approximate surface area is 120 Å². The van der Waals surface area contributed by atoms with Gasteiger partial charge >= 0.3 is 0 Å². The molecular formula is C16H23NOS. The molecule has 2 atom stereocenters. The van der Waals surface area contributed by atoms with E-state index >= 15 is 0 Å². The highest BCUT2D eigenvalue weighted by atomic mass is 32.2. The van der Waals surface area contributed by atoms with Crippen molar-refractivity contribution in [2.45, 2.75) is 60.8 Å². The molecule has 3 rings (SSSR count). The molecule has 0 heterocycles. The van der Waals surface area contributed by atoms with Gasteiger partial charge in [0.05, 0.1) is 6.61 Å². The maximum Gasteiger partial charge on any atom is 0.0613 e. The number of thioether (sulfide) groups is 1. The third-order valence-electron chi connectivity index (χ3n) is 4.34. The molecule has 1 aromatic carbocycles. The molecule has 2 unspecified atom stereocenters. The lowest BCUT2D eigenvalue weighted by atomic mass is 9.99. The molecule has 2 N–H and O–H groups in total. The zero-order valence-electron chi connectivity index (χ0n) is 11.6. The van der Waals surface area contributed by atoms with Crippen LogP contribution < -0.4 is 5.32 Å². The summed E-state index contributed by atoms with van der Waals surface area (Å²) in [5, 5.41) is 14.1. The molecule has 0 spiro atoms. The minimum absolute atomic E-state index is 0.00151. The lowest BCUT2D eigenvalue weighted by Crippen LogP contribution is -2.47. The first-order chi connectivity index (χ1) is 9.21. The molecule has 104 valence electrons. The third kappa shape index (κ3) is 3.15. The Balaban J connectivity index is 1.63. The molecule has 19 heavy (non-hydrogen) atoms. The van der Waals surface area contributed by atoms with Crippen LogP contribution in [0.4, 0.5) is 0 Å². The molecule has 0 radical (unpaired) electrons. The Morgan fingerprint density at radius 3 is 2.79 bits per heavy atom. The third-order valence-corrected chi connectivity index (χ3v) is 5.79. The van der Waals surface area contributed by atoms with Crippen molar-refractivity contribution in [3.8, 4) is 0 Å². The van der Waals surface area contributed by atoms with Crippen molar-refractivity contribution in [1.82, 2.24) is 5.32 Å². The van der Waals surface area contributed by atoms with Gasteiger partial charge in [0.2, 0.25) is 0 Å². The monoisotopic (exact) mass is 277 g/mol. The Kier molecular flexibility index (Phi) is 3.88. The van der Waals surface area contributed by atoms with Crippen LogP contribution in [0.25, 0.3) is 0 Å². The average molecular weight is 277 g/mol. The number of aliphatic hydroxyl groups excluding tert-OH is 1. The molecule has 0 aliphatic heterocycles. The SMILES string of the molecule is Cc1ccccc1SC1CCC(CO)(NC2CC2)C1. The van der Waals surface area contributed by atoms with Crippen molar-refractivity contribution in [3.05, 3.63) is 29.8 Å². The summed E-state index contributed by atoms with van der Waals surface area (Å²) in [6.07, 6.45) is 6.00. The number of benzene rings is 1. The Morgan fingerprint density at radius 2 is 2.11 bits per heavy atom. The van der Waals surface area contributed by atoms with Gasteiger partial charge in [0.1, 0.15) is 0 Å². The van der Waals surface area contributed by atoms with E-state index in [-0.39, 0.29) is 12.1 Å². The molecule has 0 bridgehead atoms. The number of rotatable bonds is 5. The second-order valence-electron chi connectivity index (χ2n) is 6.11. The predicted octanol–water partition coefficient (Wildman–Crippen LogP) is 3.12. The summed E-state index contributed by atoms with van der Waals surface area (Å²) < 4.78 is 0. The largest absolute Gasteiger partial charge is 0.394 e. The molecule has 0 saturated heterocycles. The summed E-state index contributed by atoms with van der Waals surface area (Å²) in [6, 6.07) is 9.29. The number of hydrogen-bond acceptors (Lipinski definition) is 3. The fourth-order valence-electron chi connectivity index (χ4n) is 3.03. The van der Waals surface area contributed by atoms with Gasteiger partial charge in [0.25, 0.3) is 0 Å². The zero-order valence-corrected chi connectivity index (χ0v) is 12.4. The second kappa shape index (κ2) is 5.47. The van der Waals surface area contributed by atoms with Crippen LogP contribution in [0.3, 0.4) is 0 Å². The molecule has 2 aliphatic carbocycles. The van der Waals surface area contributed by atoms with Crippen LogP contribution in [0.5, 0.6) is 0 Å². The van der Waals surface area contributed by atoms with Gasteiger partial charge < -0.3 is 10.4 Å². The van der Waals surface area contributed by atoms with Crippen molar-refractivity contribution >= 4 is 11.8 Å². The summed E-state index contributed by atoms with van der Waals surface area (Å²) in [4.78, 5) is 1.40. The smallest absolute Gasteiger partial charge is 0.0613 e. The number of aliphatic hydroxyl groups is 1. The molecule has 2 saturated carbocycles. The lowest BCUT2D eigenvalue weighted by Gasteiger charge is -2.28. The zero-order chi connectivity index (χ0) is 13.3. The molecule has 2 aliphatic rings. The fourth-order valence-corrected chi connectivity index (χ4v) is 4.44.